The molecule has 3 N–H and O–H groups in total. The monoisotopic (exact) mass is 342 g/mol. The van der Waals surface area contributed by atoms with Crippen LogP contribution in [0, 0.1) is 0 Å². The number of unbranched alkanes of at least 4 members (excludes halogenated alkanes) is 9. The van der Waals surface area contributed by atoms with Crippen LogP contribution in [0.4, 0.5) is 0 Å². The maximum absolute atomic E-state index is 12.0. The molecular weight excluding hydrogens is 304 g/mol. The molecule has 0 spiro atoms. The Morgan fingerprint density at radius 1 is 0.833 bits per heavy atom. The highest BCUT2D eigenvalue weighted by atomic mass is 16.3. The van der Waals surface area contributed by atoms with Crippen molar-refractivity contribution in [3.63, 3.8) is 0 Å². The van der Waals surface area contributed by atoms with Gasteiger partial charge in [-0.25, -0.2) is 0 Å². The Kier molecular flexibility index (Phi) is 16.0. The lowest BCUT2D eigenvalue weighted by atomic mass is 10.1. The van der Waals surface area contributed by atoms with Crippen LogP contribution in [0.2, 0.25) is 0 Å². The number of aliphatic hydroxyl groups excluding tert-OH is 1. The Hall–Kier alpha value is -1.10. The van der Waals surface area contributed by atoms with Crippen LogP contribution < -0.4 is 10.6 Å². The minimum Gasteiger partial charge on any atom is -0.394 e. The van der Waals surface area contributed by atoms with E-state index in [9.17, 15) is 14.7 Å². The van der Waals surface area contributed by atoms with Crippen molar-refractivity contribution in [2.75, 3.05) is 13.2 Å². The lowest BCUT2D eigenvalue weighted by molar-refractivity contribution is -0.130. The van der Waals surface area contributed by atoms with Crippen molar-refractivity contribution in [1.82, 2.24) is 10.6 Å². The van der Waals surface area contributed by atoms with Crippen molar-refractivity contribution < 1.29 is 14.7 Å². The fourth-order valence-electron chi connectivity index (χ4n) is 2.59. The Bertz CT molecular complexity index is 322. The van der Waals surface area contributed by atoms with Crippen LogP contribution in [0.1, 0.15) is 90.9 Å². The highest BCUT2D eigenvalue weighted by molar-refractivity contribution is 5.87. The normalized spacial score (nSPS) is 12.0. The average molecular weight is 343 g/mol. The van der Waals surface area contributed by atoms with E-state index >= 15 is 0 Å². The summed E-state index contributed by atoms with van der Waals surface area (Å²) >= 11 is 0. The topological polar surface area (TPSA) is 78.4 Å². The number of aliphatic hydroxyl groups is 1. The van der Waals surface area contributed by atoms with Gasteiger partial charge in [-0.3, -0.25) is 9.59 Å². The minimum atomic E-state index is -0.826. The lowest BCUT2D eigenvalue weighted by Gasteiger charge is -2.16. The second-order valence-electron chi connectivity index (χ2n) is 6.53. The van der Waals surface area contributed by atoms with Gasteiger partial charge < -0.3 is 15.7 Å². The van der Waals surface area contributed by atoms with Gasteiger partial charge in [-0.2, -0.15) is 0 Å². The summed E-state index contributed by atoms with van der Waals surface area (Å²) in [6, 6.07) is -0.826. The van der Waals surface area contributed by atoms with Crippen LogP contribution >= 0.6 is 0 Å². The zero-order valence-electron chi connectivity index (χ0n) is 15.7. The summed E-state index contributed by atoms with van der Waals surface area (Å²) in [6.07, 6.45) is 12.8. The number of nitrogens with one attached hydrogen (secondary N) is 2. The van der Waals surface area contributed by atoms with Crippen LogP contribution in [0.3, 0.4) is 0 Å². The molecule has 0 aliphatic rings. The SMILES string of the molecule is CCCCCCCCNC(=O)[C@H](CO)NC(=O)CCCCCCC. The Morgan fingerprint density at radius 2 is 1.38 bits per heavy atom. The standard InChI is InChI=1S/C19H38N2O3/c1-3-5-7-9-11-13-15-20-19(24)17(16-22)21-18(23)14-12-10-8-6-4-2/h17,22H,3-16H2,1-2H3,(H,20,24)(H,21,23)/t17-/m0/s1. The smallest absolute Gasteiger partial charge is 0.244 e. The van der Waals surface area contributed by atoms with Crippen molar-refractivity contribution in [3.8, 4) is 0 Å². The summed E-state index contributed by atoms with van der Waals surface area (Å²) in [6.45, 7) is 4.59. The van der Waals surface area contributed by atoms with E-state index in [1.165, 1.54) is 38.5 Å². The minimum absolute atomic E-state index is 0.153. The molecule has 5 nitrogen and oxygen atoms in total. The number of rotatable bonds is 16. The maximum atomic E-state index is 12.0. The molecule has 0 radical (unpaired) electrons. The van der Waals surface area contributed by atoms with Gasteiger partial charge in [0.25, 0.3) is 0 Å². The van der Waals surface area contributed by atoms with Crippen LogP contribution in [0.25, 0.3) is 0 Å². The molecule has 0 heterocycles. The van der Waals surface area contributed by atoms with Crippen molar-refractivity contribution >= 4 is 11.8 Å². The van der Waals surface area contributed by atoms with Crippen molar-refractivity contribution in [3.05, 3.63) is 0 Å². The van der Waals surface area contributed by atoms with Gasteiger partial charge in [0.15, 0.2) is 0 Å². The van der Waals surface area contributed by atoms with E-state index in [2.05, 4.69) is 24.5 Å². The second-order valence-corrected chi connectivity index (χ2v) is 6.53. The molecule has 24 heavy (non-hydrogen) atoms. The Balaban J connectivity index is 3.77. The number of carbonyl (C=O) groups excluding carboxylic acids is 2. The van der Waals surface area contributed by atoms with E-state index in [1.807, 2.05) is 0 Å². The zero-order valence-corrected chi connectivity index (χ0v) is 15.7. The summed E-state index contributed by atoms with van der Waals surface area (Å²) in [5.41, 5.74) is 0. The van der Waals surface area contributed by atoms with E-state index in [4.69, 9.17) is 0 Å². The van der Waals surface area contributed by atoms with Gasteiger partial charge in [-0.1, -0.05) is 71.6 Å². The number of hydrogen-bond acceptors (Lipinski definition) is 3. The summed E-state index contributed by atoms with van der Waals surface area (Å²) in [5, 5.41) is 14.7. The zero-order chi connectivity index (χ0) is 18.0. The molecule has 0 aliphatic heterocycles. The fraction of sp³-hybridized carbons (Fsp3) is 0.895. The molecular formula is C19H38N2O3. The first kappa shape index (κ1) is 22.9. The fourth-order valence-corrected chi connectivity index (χ4v) is 2.59. The molecule has 0 saturated heterocycles. The Labute approximate surface area is 148 Å². The predicted octanol–water partition coefficient (Wildman–Crippen LogP) is 3.30. The first-order valence-corrected chi connectivity index (χ1v) is 9.83. The third-order valence-electron chi connectivity index (χ3n) is 4.17. The van der Waals surface area contributed by atoms with Gasteiger partial charge in [0.2, 0.25) is 11.8 Å². The summed E-state index contributed by atoms with van der Waals surface area (Å²) in [7, 11) is 0. The van der Waals surface area contributed by atoms with Crippen LogP contribution in [-0.4, -0.2) is 36.1 Å². The van der Waals surface area contributed by atoms with Crippen molar-refractivity contribution in [2.24, 2.45) is 0 Å². The van der Waals surface area contributed by atoms with Gasteiger partial charge >= 0.3 is 0 Å². The molecule has 0 unspecified atom stereocenters. The number of amides is 2. The molecule has 0 rings (SSSR count). The maximum Gasteiger partial charge on any atom is 0.244 e. The van der Waals surface area contributed by atoms with E-state index in [0.717, 1.165) is 32.1 Å². The van der Waals surface area contributed by atoms with E-state index < -0.39 is 6.04 Å². The predicted molar refractivity (Wildman–Crippen MR) is 98.8 cm³/mol. The van der Waals surface area contributed by atoms with Crippen molar-refractivity contribution in [2.45, 2.75) is 96.9 Å². The number of carbonyl (C=O) groups is 2. The van der Waals surface area contributed by atoms with Gasteiger partial charge in [-0.15, -0.1) is 0 Å². The van der Waals surface area contributed by atoms with Gasteiger partial charge in [0, 0.05) is 13.0 Å². The molecule has 0 aromatic carbocycles. The molecule has 0 aromatic rings. The molecule has 2 amide bonds. The highest BCUT2D eigenvalue weighted by Gasteiger charge is 2.18. The van der Waals surface area contributed by atoms with E-state index in [0.29, 0.717) is 13.0 Å². The molecule has 0 aliphatic carbocycles. The Morgan fingerprint density at radius 3 is 1.96 bits per heavy atom. The molecule has 1 atom stereocenters. The third-order valence-corrected chi connectivity index (χ3v) is 4.17. The second kappa shape index (κ2) is 16.7. The molecule has 5 heteroatoms. The van der Waals surface area contributed by atoms with Gasteiger partial charge in [0.05, 0.1) is 6.61 Å². The van der Waals surface area contributed by atoms with E-state index in [-0.39, 0.29) is 18.4 Å². The van der Waals surface area contributed by atoms with E-state index in [1.54, 1.807) is 0 Å². The highest BCUT2D eigenvalue weighted by Crippen LogP contribution is 2.05. The average Bonchev–Trinajstić information content (AvgIpc) is 2.58. The molecule has 0 fully saturated rings. The third kappa shape index (κ3) is 13.3. The van der Waals surface area contributed by atoms with Crippen LogP contribution in [0.15, 0.2) is 0 Å². The first-order valence-electron chi connectivity index (χ1n) is 9.83. The van der Waals surface area contributed by atoms with Gasteiger partial charge in [0.1, 0.15) is 6.04 Å². The number of hydrogen-bond donors (Lipinski definition) is 3. The van der Waals surface area contributed by atoms with Crippen LogP contribution in [-0.2, 0) is 9.59 Å². The molecule has 0 aromatic heterocycles. The summed E-state index contributed by atoms with van der Waals surface area (Å²) in [4.78, 5) is 23.8. The largest absolute Gasteiger partial charge is 0.394 e. The molecule has 142 valence electrons. The van der Waals surface area contributed by atoms with Gasteiger partial charge in [-0.05, 0) is 12.8 Å². The first-order chi connectivity index (χ1) is 11.7. The summed E-state index contributed by atoms with van der Waals surface area (Å²) in [5.74, 6) is -0.439. The van der Waals surface area contributed by atoms with Crippen LogP contribution in [0.5, 0.6) is 0 Å². The van der Waals surface area contributed by atoms with Crippen molar-refractivity contribution in [1.29, 1.82) is 0 Å². The molecule has 0 bridgehead atoms. The quantitative estimate of drug-likeness (QED) is 0.377. The summed E-state index contributed by atoms with van der Waals surface area (Å²) < 4.78 is 0. The molecule has 0 saturated carbocycles. The lowest BCUT2D eigenvalue weighted by Crippen LogP contribution is -2.49.